The van der Waals surface area contributed by atoms with E-state index in [1.165, 1.54) is 18.6 Å². The lowest BCUT2D eigenvalue weighted by Gasteiger charge is -2.45. The van der Waals surface area contributed by atoms with Crippen LogP contribution < -0.4 is 5.32 Å². The van der Waals surface area contributed by atoms with Crippen LogP contribution in [0.25, 0.3) is 0 Å². The van der Waals surface area contributed by atoms with Gasteiger partial charge in [-0.15, -0.1) is 0 Å². The number of nitro groups is 1. The van der Waals surface area contributed by atoms with Gasteiger partial charge < -0.3 is 5.32 Å². The molecule has 0 bridgehead atoms. The Balaban J connectivity index is 1.81. The molecule has 2 aromatic carbocycles. The van der Waals surface area contributed by atoms with Crippen molar-refractivity contribution in [1.82, 2.24) is 4.90 Å². The molecule has 0 spiro atoms. The van der Waals surface area contributed by atoms with E-state index in [1.54, 1.807) is 6.07 Å². The second-order valence-corrected chi connectivity index (χ2v) is 7.96. The first-order chi connectivity index (χ1) is 13.3. The van der Waals surface area contributed by atoms with Crippen LogP contribution in [-0.4, -0.2) is 28.8 Å². The number of anilines is 1. The van der Waals surface area contributed by atoms with E-state index in [9.17, 15) is 14.9 Å². The molecule has 0 saturated carbocycles. The Kier molecular flexibility index (Phi) is 5.79. The lowest BCUT2D eigenvalue weighted by Crippen LogP contribution is -2.46. The molecule has 6 heteroatoms. The number of nitrogens with zero attached hydrogens (tertiary/aromatic N) is 2. The van der Waals surface area contributed by atoms with Crippen LogP contribution in [0.3, 0.4) is 0 Å². The van der Waals surface area contributed by atoms with Gasteiger partial charge in [0.05, 0.1) is 4.92 Å². The number of piperidine rings is 1. The van der Waals surface area contributed by atoms with E-state index in [4.69, 9.17) is 0 Å². The summed E-state index contributed by atoms with van der Waals surface area (Å²) in [4.78, 5) is 24.8. The maximum absolute atomic E-state index is 11.5. The highest BCUT2D eigenvalue weighted by molar-refractivity contribution is 5.91. The van der Waals surface area contributed by atoms with Gasteiger partial charge in [0.2, 0.25) is 5.91 Å². The first kappa shape index (κ1) is 20.0. The molecule has 3 rings (SSSR count). The first-order valence-corrected chi connectivity index (χ1v) is 9.62. The number of amides is 1. The summed E-state index contributed by atoms with van der Waals surface area (Å²) in [6.45, 7) is 8.66. The van der Waals surface area contributed by atoms with E-state index >= 15 is 0 Å². The normalized spacial score (nSPS) is 22.6. The Labute approximate surface area is 165 Å². The Morgan fingerprint density at radius 1 is 1.29 bits per heavy atom. The maximum Gasteiger partial charge on any atom is 0.292 e. The lowest BCUT2D eigenvalue weighted by molar-refractivity contribution is -0.384. The van der Waals surface area contributed by atoms with Crippen LogP contribution in [0.2, 0.25) is 0 Å². The summed E-state index contributed by atoms with van der Waals surface area (Å²) < 4.78 is 0. The summed E-state index contributed by atoms with van der Waals surface area (Å²) >= 11 is 0. The van der Waals surface area contributed by atoms with Crippen molar-refractivity contribution in [2.24, 2.45) is 5.92 Å². The molecule has 2 unspecified atom stereocenters. The van der Waals surface area contributed by atoms with Crippen molar-refractivity contribution in [3.8, 4) is 0 Å². The van der Waals surface area contributed by atoms with E-state index in [-0.39, 0.29) is 22.7 Å². The van der Waals surface area contributed by atoms with Crippen molar-refractivity contribution in [3.63, 3.8) is 0 Å². The third-order valence-electron chi connectivity index (χ3n) is 5.98. The number of hydrogen-bond donors (Lipinski definition) is 1. The summed E-state index contributed by atoms with van der Waals surface area (Å²) in [6.07, 6.45) is 0.957. The van der Waals surface area contributed by atoms with Crippen molar-refractivity contribution < 1.29 is 9.72 Å². The second kappa shape index (κ2) is 8.10. The van der Waals surface area contributed by atoms with Gasteiger partial charge in [-0.25, -0.2) is 0 Å². The highest BCUT2D eigenvalue weighted by Gasteiger charge is 2.38. The van der Waals surface area contributed by atoms with E-state index < -0.39 is 4.92 Å². The number of carbonyl (C=O) groups is 1. The largest absolute Gasteiger partial charge is 0.321 e. The van der Waals surface area contributed by atoms with Crippen molar-refractivity contribution in [3.05, 3.63) is 69.8 Å². The quantitative estimate of drug-likeness (QED) is 0.617. The number of nitrogens with one attached hydrogen (secondary N) is 1. The van der Waals surface area contributed by atoms with Crippen LogP contribution in [0.1, 0.15) is 38.3 Å². The molecule has 0 aliphatic carbocycles. The molecule has 1 aliphatic heterocycles. The van der Waals surface area contributed by atoms with Crippen LogP contribution >= 0.6 is 0 Å². The summed E-state index contributed by atoms with van der Waals surface area (Å²) in [5, 5.41) is 13.9. The van der Waals surface area contributed by atoms with Crippen LogP contribution in [0.5, 0.6) is 0 Å². The van der Waals surface area contributed by atoms with E-state index in [0.717, 1.165) is 31.6 Å². The fourth-order valence-corrected chi connectivity index (χ4v) is 4.07. The number of carbonyl (C=O) groups excluding carboxylic acids is 1. The average Bonchev–Trinajstić information content (AvgIpc) is 2.65. The molecular weight excluding hydrogens is 354 g/mol. The minimum absolute atomic E-state index is 0.0725. The smallest absolute Gasteiger partial charge is 0.292 e. The Hall–Kier alpha value is -2.73. The van der Waals surface area contributed by atoms with Crippen LogP contribution in [0.4, 0.5) is 11.4 Å². The Bertz CT molecular complexity index is 869. The van der Waals surface area contributed by atoms with Gasteiger partial charge >= 0.3 is 0 Å². The molecule has 1 heterocycles. The molecule has 0 radical (unpaired) electrons. The number of hydrogen-bond acceptors (Lipinski definition) is 4. The molecule has 28 heavy (non-hydrogen) atoms. The standard InChI is InChI=1S/C22H27N3O3/c1-16-14-24(15-18-7-5-4-6-8-18)12-11-22(16,3)19-9-10-21(25(27)28)20(13-19)23-17(2)26/h4-10,13,16H,11-12,14-15H2,1-3H3,(H,23,26). The third-order valence-corrected chi connectivity index (χ3v) is 5.98. The minimum atomic E-state index is -0.455. The van der Waals surface area contributed by atoms with E-state index in [2.05, 4.69) is 48.3 Å². The van der Waals surface area contributed by atoms with E-state index in [0.29, 0.717) is 5.92 Å². The molecule has 2 aromatic rings. The molecule has 1 saturated heterocycles. The van der Waals surface area contributed by atoms with Gasteiger partial charge in [0.15, 0.2) is 0 Å². The number of benzene rings is 2. The summed E-state index contributed by atoms with van der Waals surface area (Å²) in [6, 6.07) is 15.6. The van der Waals surface area contributed by atoms with Crippen molar-refractivity contribution in [2.75, 3.05) is 18.4 Å². The van der Waals surface area contributed by atoms with Crippen molar-refractivity contribution in [2.45, 2.75) is 39.2 Å². The second-order valence-electron chi connectivity index (χ2n) is 7.96. The monoisotopic (exact) mass is 381 g/mol. The van der Waals surface area contributed by atoms with Crippen LogP contribution in [0, 0.1) is 16.0 Å². The highest BCUT2D eigenvalue weighted by Crippen LogP contribution is 2.42. The van der Waals surface area contributed by atoms with Crippen molar-refractivity contribution in [1.29, 1.82) is 0 Å². The summed E-state index contributed by atoms with van der Waals surface area (Å²) in [5.74, 6) is 0.0627. The topological polar surface area (TPSA) is 75.5 Å². The van der Waals surface area contributed by atoms with Gasteiger partial charge in [0.1, 0.15) is 5.69 Å². The molecule has 2 atom stereocenters. The third kappa shape index (κ3) is 4.22. The first-order valence-electron chi connectivity index (χ1n) is 9.62. The molecule has 1 amide bonds. The Morgan fingerprint density at radius 2 is 2.00 bits per heavy atom. The van der Waals surface area contributed by atoms with Crippen LogP contribution in [0.15, 0.2) is 48.5 Å². The maximum atomic E-state index is 11.5. The molecule has 1 aliphatic rings. The number of nitro benzene ring substituents is 1. The zero-order valence-electron chi connectivity index (χ0n) is 16.6. The van der Waals surface area contributed by atoms with Gasteiger partial charge in [-0.05, 0) is 41.5 Å². The molecule has 1 N–H and O–H groups in total. The molecule has 1 fully saturated rings. The summed E-state index contributed by atoms with van der Waals surface area (Å²) in [7, 11) is 0. The zero-order valence-corrected chi connectivity index (χ0v) is 16.6. The zero-order chi connectivity index (χ0) is 20.3. The lowest BCUT2D eigenvalue weighted by atomic mass is 9.68. The number of likely N-dealkylation sites (tertiary alicyclic amines) is 1. The molecule has 148 valence electrons. The van der Waals surface area contributed by atoms with Gasteiger partial charge in [0, 0.05) is 26.1 Å². The molecule has 0 aromatic heterocycles. The minimum Gasteiger partial charge on any atom is -0.321 e. The van der Waals surface area contributed by atoms with Gasteiger partial charge in [-0.2, -0.15) is 0 Å². The van der Waals surface area contributed by atoms with Gasteiger partial charge in [0.25, 0.3) is 5.69 Å². The van der Waals surface area contributed by atoms with Crippen LogP contribution in [-0.2, 0) is 16.8 Å². The fourth-order valence-electron chi connectivity index (χ4n) is 4.07. The predicted octanol–water partition coefficient (Wildman–Crippen LogP) is 4.35. The number of rotatable bonds is 5. The molecule has 6 nitrogen and oxygen atoms in total. The van der Waals surface area contributed by atoms with Gasteiger partial charge in [-0.1, -0.05) is 50.2 Å². The summed E-state index contributed by atoms with van der Waals surface area (Å²) in [5.41, 5.74) is 2.44. The average molecular weight is 381 g/mol. The predicted molar refractivity (Wildman–Crippen MR) is 110 cm³/mol. The molecular formula is C22H27N3O3. The van der Waals surface area contributed by atoms with Gasteiger partial charge in [-0.3, -0.25) is 19.8 Å². The highest BCUT2D eigenvalue weighted by atomic mass is 16.6. The van der Waals surface area contributed by atoms with E-state index in [1.807, 2.05) is 12.1 Å². The Morgan fingerprint density at radius 3 is 2.61 bits per heavy atom. The van der Waals surface area contributed by atoms with Crippen molar-refractivity contribution >= 4 is 17.3 Å². The fraction of sp³-hybridized carbons (Fsp3) is 0.409. The SMILES string of the molecule is CC(=O)Nc1cc(C2(C)CCN(Cc3ccccc3)CC2C)ccc1[N+](=O)[O-].